The summed E-state index contributed by atoms with van der Waals surface area (Å²) in [6.45, 7) is 18.3. The van der Waals surface area contributed by atoms with Crippen LogP contribution in [0.2, 0.25) is 0 Å². The van der Waals surface area contributed by atoms with E-state index in [0.717, 1.165) is 51.4 Å². The van der Waals surface area contributed by atoms with Gasteiger partial charge in [-0.1, -0.05) is 54.0 Å². The summed E-state index contributed by atoms with van der Waals surface area (Å²) >= 11 is 0. The second kappa shape index (κ2) is 7.79. The van der Waals surface area contributed by atoms with Gasteiger partial charge in [0, 0.05) is 17.8 Å². The molecule has 4 heteroatoms. The number of carbonyl (C=O) groups is 3. The first kappa shape index (κ1) is 26.2. The third-order valence-corrected chi connectivity index (χ3v) is 12.8. The maximum absolute atomic E-state index is 14.4. The number of Topliss-reactive ketones (excluding diaryl/α,β-unsaturated/α-hetero) is 1. The van der Waals surface area contributed by atoms with Crippen LogP contribution < -0.4 is 0 Å². The van der Waals surface area contributed by atoms with Gasteiger partial charge in [0.15, 0.2) is 5.78 Å². The number of ketones is 2. The maximum Gasteiger partial charge on any atom is 0.312 e. The molecule has 0 aromatic heterocycles. The molecule has 0 bridgehead atoms. The minimum Gasteiger partial charge on any atom is -0.466 e. The topological polar surface area (TPSA) is 60.4 Å². The zero-order chi connectivity index (χ0) is 26.5. The van der Waals surface area contributed by atoms with Crippen LogP contribution in [0.3, 0.4) is 0 Å². The van der Waals surface area contributed by atoms with Crippen LogP contribution in [0, 0.1) is 50.2 Å². The molecule has 7 unspecified atom stereocenters. The van der Waals surface area contributed by atoms with Crippen molar-refractivity contribution >= 4 is 17.5 Å². The Morgan fingerprint density at radius 3 is 2.28 bits per heavy atom. The molecule has 5 aliphatic rings. The number of ether oxygens (including phenoxy) is 1. The lowest BCUT2D eigenvalue weighted by Gasteiger charge is -2.69. The molecular weight excluding hydrogens is 448 g/mol. The van der Waals surface area contributed by atoms with Crippen LogP contribution in [-0.4, -0.2) is 24.1 Å². The van der Waals surface area contributed by atoms with Crippen molar-refractivity contribution in [3.05, 3.63) is 11.6 Å². The molecule has 0 heterocycles. The van der Waals surface area contributed by atoms with E-state index in [2.05, 4.69) is 48.5 Å². The van der Waals surface area contributed by atoms with Crippen LogP contribution >= 0.6 is 0 Å². The van der Waals surface area contributed by atoms with E-state index in [1.807, 2.05) is 13.0 Å². The number of allylic oxidation sites excluding steroid dienone is 2. The van der Waals surface area contributed by atoms with Gasteiger partial charge in [0.2, 0.25) is 0 Å². The largest absolute Gasteiger partial charge is 0.466 e. The average molecular weight is 497 g/mol. The molecule has 200 valence electrons. The highest BCUT2D eigenvalue weighted by Crippen LogP contribution is 2.75. The fourth-order valence-corrected chi connectivity index (χ4v) is 10.4. The standard InChI is InChI=1S/C32H48O4/c1-9-36-26(35)32-16-14-27(2,3)19-20(32)25-21(33)18-23-29(6)12-11-24(34)28(4,5)22(29)10-13-30(23,7)31(25,8)15-17-32/h18,20,22,25H,9-17,19H2,1-8H3. The van der Waals surface area contributed by atoms with Crippen LogP contribution in [-0.2, 0) is 19.1 Å². The SMILES string of the molecule is CCOC(=O)C12CCC(C)(C)CC1C1C(=O)C=C3C4(C)CCC(=O)C(C)(C)C4CCC3(C)C1(C)CC2. The molecule has 0 aliphatic heterocycles. The van der Waals surface area contributed by atoms with Crippen molar-refractivity contribution in [2.24, 2.45) is 50.2 Å². The van der Waals surface area contributed by atoms with E-state index in [4.69, 9.17) is 4.74 Å². The van der Waals surface area contributed by atoms with E-state index < -0.39 is 5.41 Å². The Morgan fingerprint density at radius 1 is 0.944 bits per heavy atom. The summed E-state index contributed by atoms with van der Waals surface area (Å²) in [5.41, 5.74) is 0.117. The third-order valence-electron chi connectivity index (χ3n) is 12.8. The third kappa shape index (κ3) is 3.14. The second-order valence-corrected chi connectivity index (χ2v) is 15.2. The molecule has 0 amide bonds. The van der Waals surface area contributed by atoms with Crippen molar-refractivity contribution in [1.82, 2.24) is 0 Å². The van der Waals surface area contributed by atoms with Crippen molar-refractivity contribution in [1.29, 1.82) is 0 Å². The summed E-state index contributed by atoms with van der Waals surface area (Å²) in [5, 5.41) is 0. The Balaban J connectivity index is 1.64. The van der Waals surface area contributed by atoms with Crippen molar-refractivity contribution in [2.45, 2.75) is 113 Å². The number of hydrogen-bond donors (Lipinski definition) is 0. The summed E-state index contributed by atoms with van der Waals surface area (Å²) in [5.74, 6) is 0.690. The fourth-order valence-electron chi connectivity index (χ4n) is 10.4. The molecule has 0 aromatic carbocycles. The van der Waals surface area contributed by atoms with Gasteiger partial charge in [-0.3, -0.25) is 14.4 Å². The highest BCUT2D eigenvalue weighted by Gasteiger charge is 2.71. The predicted molar refractivity (Wildman–Crippen MR) is 141 cm³/mol. The monoisotopic (exact) mass is 496 g/mol. The summed E-state index contributed by atoms with van der Waals surface area (Å²) in [7, 11) is 0. The summed E-state index contributed by atoms with van der Waals surface area (Å²) in [6, 6.07) is 0. The van der Waals surface area contributed by atoms with Gasteiger partial charge in [0.25, 0.3) is 0 Å². The number of fused-ring (bicyclic) bond motifs is 7. The minimum absolute atomic E-state index is 0.0241. The molecule has 7 atom stereocenters. The van der Waals surface area contributed by atoms with Gasteiger partial charge in [0.05, 0.1) is 12.0 Å². The number of esters is 1. The van der Waals surface area contributed by atoms with Gasteiger partial charge in [-0.2, -0.15) is 0 Å². The van der Waals surface area contributed by atoms with Crippen molar-refractivity contribution in [3.63, 3.8) is 0 Å². The van der Waals surface area contributed by atoms with E-state index in [0.29, 0.717) is 18.8 Å². The van der Waals surface area contributed by atoms with E-state index in [1.165, 1.54) is 5.57 Å². The lowest BCUT2D eigenvalue weighted by molar-refractivity contribution is -0.194. The highest BCUT2D eigenvalue weighted by atomic mass is 16.5. The first-order valence-electron chi connectivity index (χ1n) is 14.6. The Bertz CT molecular complexity index is 1030. The summed E-state index contributed by atoms with van der Waals surface area (Å²) in [6.07, 6.45) is 9.95. The number of rotatable bonds is 2. The molecule has 5 aliphatic carbocycles. The molecule has 0 N–H and O–H groups in total. The molecule has 5 rings (SSSR count). The zero-order valence-electron chi connectivity index (χ0n) is 24.0. The smallest absolute Gasteiger partial charge is 0.312 e. The molecular formula is C32H48O4. The maximum atomic E-state index is 14.4. The molecule has 0 spiro atoms. The molecule has 36 heavy (non-hydrogen) atoms. The van der Waals surface area contributed by atoms with Gasteiger partial charge in [-0.05, 0) is 97.9 Å². The van der Waals surface area contributed by atoms with Crippen LogP contribution in [0.15, 0.2) is 11.6 Å². The summed E-state index contributed by atoms with van der Waals surface area (Å²) < 4.78 is 5.71. The number of carbonyl (C=O) groups excluding carboxylic acids is 3. The Kier molecular flexibility index (Phi) is 5.66. The molecule has 0 radical (unpaired) electrons. The van der Waals surface area contributed by atoms with Gasteiger partial charge >= 0.3 is 5.97 Å². The van der Waals surface area contributed by atoms with Crippen LogP contribution in [0.25, 0.3) is 0 Å². The second-order valence-electron chi connectivity index (χ2n) is 15.2. The van der Waals surface area contributed by atoms with Crippen molar-refractivity contribution in [2.75, 3.05) is 6.61 Å². The van der Waals surface area contributed by atoms with Crippen LogP contribution in [0.5, 0.6) is 0 Å². The Hall–Kier alpha value is -1.45. The van der Waals surface area contributed by atoms with Gasteiger partial charge in [-0.25, -0.2) is 0 Å². The highest BCUT2D eigenvalue weighted by molar-refractivity contribution is 5.96. The van der Waals surface area contributed by atoms with Gasteiger partial charge < -0.3 is 4.74 Å². The predicted octanol–water partition coefficient (Wildman–Crippen LogP) is 7.10. The quantitative estimate of drug-likeness (QED) is 0.383. The zero-order valence-corrected chi connectivity index (χ0v) is 24.0. The van der Waals surface area contributed by atoms with Gasteiger partial charge in [-0.15, -0.1) is 0 Å². The summed E-state index contributed by atoms with van der Waals surface area (Å²) in [4.78, 5) is 40.9. The van der Waals surface area contributed by atoms with Crippen LogP contribution in [0.4, 0.5) is 0 Å². The first-order chi connectivity index (χ1) is 16.6. The van der Waals surface area contributed by atoms with E-state index in [1.54, 1.807) is 0 Å². The average Bonchev–Trinajstić information content (AvgIpc) is 2.78. The Morgan fingerprint density at radius 2 is 1.61 bits per heavy atom. The fraction of sp³-hybridized carbons (Fsp3) is 0.844. The van der Waals surface area contributed by atoms with Crippen molar-refractivity contribution in [3.8, 4) is 0 Å². The van der Waals surface area contributed by atoms with E-state index in [-0.39, 0.29) is 56.6 Å². The Labute approximate surface area is 218 Å². The lowest BCUT2D eigenvalue weighted by Crippen LogP contribution is -2.66. The number of hydrogen-bond acceptors (Lipinski definition) is 4. The van der Waals surface area contributed by atoms with Gasteiger partial charge in [0.1, 0.15) is 5.78 Å². The molecule has 0 aromatic rings. The van der Waals surface area contributed by atoms with E-state index >= 15 is 0 Å². The molecule has 4 saturated carbocycles. The minimum atomic E-state index is -0.534. The van der Waals surface area contributed by atoms with Crippen LogP contribution in [0.1, 0.15) is 113 Å². The van der Waals surface area contributed by atoms with Crippen molar-refractivity contribution < 1.29 is 19.1 Å². The molecule has 4 nitrogen and oxygen atoms in total. The first-order valence-corrected chi connectivity index (χ1v) is 14.6. The normalized spacial score (nSPS) is 47.0. The molecule has 4 fully saturated rings. The lowest BCUT2D eigenvalue weighted by atomic mass is 9.34. The van der Waals surface area contributed by atoms with E-state index in [9.17, 15) is 14.4 Å². The molecule has 0 saturated heterocycles.